The van der Waals surface area contributed by atoms with Crippen LogP contribution in [-0.2, 0) is 4.74 Å². The van der Waals surface area contributed by atoms with Crippen LogP contribution in [-0.4, -0.2) is 21.3 Å². The fraction of sp³-hybridized carbons (Fsp3) is 0.455. The highest BCUT2D eigenvalue weighted by Gasteiger charge is 2.15. The van der Waals surface area contributed by atoms with Gasteiger partial charge in [0.25, 0.3) is 0 Å². The third-order valence-corrected chi connectivity index (χ3v) is 2.70. The van der Waals surface area contributed by atoms with Crippen LogP contribution < -0.4 is 10.1 Å². The van der Waals surface area contributed by atoms with Gasteiger partial charge in [-0.05, 0) is 31.7 Å². The molecule has 0 bridgehead atoms. The predicted octanol–water partition coefficient (Wildman–Crippen LogP) is 2.52. The second-order valence-electron chi connectivity index (χ2n) is 3.25. The van der Waals surface area contributed by atoms with Crippen molar-refractivity contribution in [3.8, 4) is 5.75 Å². The summed E-state index contributed by atoms with van der Waals surface area (Å²) < 4.78 is 10.6. The maximum absolute atomic E-state index is 6.06. The van der Waals surface area contributed by atoms with Gasteiger partial charge < -0.3 is 9.47 Å². The molecule has 1 unspecified atom stereocenters. The Morgan fingerprint density at radius 2 is 2.00 bits per heavy atom. The molecule has 0 heterocycles. The molecule has 1 aromatic rings. The number of methoxy groups -OCH3 is 2. The lowest BCUT2D eigenvalue weighted by atomic mass is 10.1. The molecule has 0 fully saturated rings. The summed E-state index contributed by atoms with van der Waals surface area (Å²) in [6.07, 6.45) is -0.210. The van der Waals surface area contributed by atoms with E-state index in [1.807, 2.05) is 26.1 Å². The van der Waals surface area contributed by atoms with Crippen molar-refractivity contribution in [1.29, 1.82) is 0 Å². The van der Waals surface area contributed by atoms with Crippen molar-refractivity contribution < 1.29 is 9.47 Å². The fourth-order valence-corrected chi connectivity index (χ4v) is 1.62. The van der Waals surface area contributed by atoms with Crippen LogP contribution in [0.1, 0.15) is 17.4 Å². The van der Waals surface area contributed by atoms with Crippen molar-refractivity contribution in [2.75, 3.05) is 21.3 Å². The SMILES string of the molecule is CNC(OC)c1cc(Cl)c(C)cc1OC. The van der Waals surface area contributed by atoms with Gasteiger partial charge in [-0.2, -0.15) is 0 Å². The minimum atomic E-state index is -0.210. The fourth-order valence-electron chi connectivity index (χ4n) is 1.45. The van der Waals surface area contributed by atoms with Crippen LogP contribution in [0.2, 0.25) is 5.02 Å². The molecule has 84 valence electrons. The molecule has 0 aromatic heterocycles. The Hall–Kier alpha value is -0.770. The van der Waals surface area contributed by atoms with Gasteiger partial charge in [-0.3, -0.25) is 5.32 Å². The minimum absolute atomic E-state index is 0.210. The van der Waals surface area contributed by atoms with Gasteiger partial charge in [-0.1, -0.05) is 11.6 Å². The van der Waals surface area contributed by atoms with Crippen LogP contribution in [0.25, 0.3) is 0 Å². The Morgan fingerprint density at radius 3 is 2.47 bits per heavy atom. The van der Waals surface area contributed by atoms with Crippen LogP contribution in [0.5, 0.6) is 5.75 Å². The zero-order chi connectivity index (χ0) is 11.4. The van der Waals surface area contributed by atoms with E-state index in [0.717, 1.165) is 16.9 Å². The van der Waals surface area contributed by atoms with Crippen molar-refractivity contribution in [2.45, 2.75) is 13.2 Å². The molecule has 1 atom stereocenters. The number of ether oxygens (including phenoxy) is 2. The van der Waals surface area contributed by atoms with Crippen LogP contribution in [0.3, 0.4) is 0 Å². The minimum Gasteiger partial charge on any atom is -0.496 e. The molecule has 3 nitrogen and oxygen atoms in total. The van der Waals surface area contributed by atoms with E-state index >= 15 is 0 Å². The molecule has 0 spiro atoms. The summed E-state index contributed by atoms with van der Waals surface area (Å²) in [5.41, 5.74) is 1.89. The zero-order valence-electron chi connectivity index (χ0n) is 9.43. The first-order valence-corrected chi connectivity index (χ1v) is 5.06. The lowest BCUT2D eigenvalue weighted by Gasteiger charge is -2.18. The molecule has 1 rings (SSSR count). The summed E-state index contributed by atoms with van der Waals surface area (Å²) in [4.78, 5) is 0. The Bertz CT molecular complexity index is 338. The Kier molecular flexibility index (Phi) is 4.39. The lowest BCUT2D eigenvalue weighted by Crippen LogP contribution is -2.18. The number of hydrogen-bond donors (Lipinski definition) is 1. The molecule has 15 heavy (non-hydrogen) atoms. The standard InChI is InChI=1S/C11H16ClNO2/c1-7-5-10(14-3)8(6-9(7)12)11(13-2)15-4/h5-6,11,13H,1-4H3. The summed E-state index contributed by atoms with van der Waals surface area (Å²) in [7, 11) is 5.09. The highest BCUT2D eigenvalue weighted by Crippen LogP contribution is 2.31. The van der Waals surface area contributed by atoms with E-state index in [1.54, 1.807) is 14.2 Å². The Balaban J connectivity index is 3.20. The Morgan fingerprint density at radius 1 is 1.33 bits per heavy atom. The molecule has 1 N–H and O–H groups in total. The smallest absolute Gasteiger partial charge is 0.137 e. The van der Waals surface area contributed by atoms with E-state index in [1.165, 1.54) is 0 Å². The van der Waals surface area contributed by atoms with E-state index < -0.39 is 0 Å². The van der Waals surface area contributed by atoms with Gasteiger partial charge in [-0.15, -0.1) is 0 Å². The highest BCUT2D eigenvalue weighted by molar-refractivity contribution is 6.31. The third-order valence-electron chi connectivity index (χ3n) is 2.29. The van der Waals surface area contributed by atoms with E-state index in [9.17, 15) is 0 Å². The molecule has 0 amide bonds. The summed E-state index contributed by atoms with van der Waals surface area (Å²) in [5.74, 6) is 0.776. The van der Waals surface area contributed by atoms with Crippen LogP contribution >= 0.6 is 11.6 Å². The number of rotatable bonds is 4. The third kappa shape index (κ3) is 2.62. The van der Waals surface area contributed by atoms with Crippen LogP contribution in [0.15, 0.2) is 12.1 Å². The number of aryl methyl sites for hydroxylation is 1. The molecule has 1 aromatic carbocycles. The summed E-state index contributed by atoms with van der Waals surface area (Å²) in [6.45, 7) is 1.94. The van der Waals surface area contributed by atoms with E-state index in [0.29, 0.717) is 5.02 Å². The van der Waals surface area contributed by atoms with Crippen molar-refractivity contribution in [2.24, 2.45) is 0 Å². The van der Waals surface area contributed by atoms with Gasteiger partial charge in [0.05, 0.1) is 7.11 Å². The van der Waals surface area contributed by atoms with E-state index in [-0.39, 0.29) is 6.23 Å². The second kappa shape index (κ2) is 5.35. The number of halogens is 1. The van der Waals surface area contributed by atoms with Crippen molar-refractivity contribution in [3.63, 3.8) is 0 Å². The molecule has 0 aliphatic carbocycles. The van der Waals surface area contributed by atoms with Gasteiger partial charge in [0.2, 0.25) is 0 Å². The van der Waals surface area contributed by atoms with E-state index in [2.05, 4.69) is 5.32 Å². The topological polar surface area (TPSA) is 30.5 Å². The van der Waals surface area contributed by atoms with Crippen LogP contribution in [0, 0.1) is 6.92 Å². The average Bonchev–Trinajstić information content (AvgIpc) is 2.24. The molecule has 0 radical (unpaired) electrons. The van der Waals surface area contributed by atoms with Crippen molar-refractivity contribution in [3.05, 3.63) is 28.3 Å². The molecule has 4 heteroatoms. The normalized spacial score (nSPS) is 12.6. The molecular weight excluding hydrogens is 214 g/mol. The quantitative estimate of drug-likeness (QED) is 0.805. The van der Waals surface area contributed by atoms with Crippen molar-refractivity contribution >= 4 is 11.6 Å². The monoisotopic (exact) mass is 229 g/mol. The average molecular weight is 230 g/mol. The van der Waals surface area contributed by atoms with Gasteiger partial charge >= 0.3 is 0 Å². The van der Waals surface area contributed by atoms with Crippen molar-refractivity contribution in [1.82, 2.24) is 5.32 Å². The maximum Gasteiger partial charge on any atom is 0.137 e. The van der Waals surface area contributed by atoms with Gasteiger partial charge in [0.15, 0.2) is 0 Å². The second-order valence-corrected chi connectivity index (χ2v) is 3.65. The molecule has 0 aliphatic heterocycles. The summed E-state index contributed by atoms with van der Waals surface area (Å²) in [5, 5.41) is 3.74. The number of benzene rings is 1. The zero-order valence-corrected chi connectivity index (χ0v) is 10.2. The lowest BCUT2D eigenvalue weighted by molar-refractivity contribution is 0.0786. The van der Waals surface area contributed by atoms with Gasteiger partial charge in [0.1, 0.15) is 12.0 Å². The summed E-state index contributed by atoms with van der Waals surface area (Å²) >= 11 is 6.06. The van der Waals surface area contributed by atoms with E-state index in [4.69, 9.17) is 21.1 Å². The number of nitrogens with one attached hydrogen (secondary N) is 1. The molecule has 0 saturated heterocycles. The summed E-state index contributed by atoms with van der Waals surface area (Å²) in [6, 6.07) is 3.77. The largest absolute Gasteiger partial charge is 0.496 e. The molecule has 0 aliphatic rings. The predicted molar refractivity (Wildman–Crippen MR) is 61.6 cm³/mol. The van der Waals surface area contributed by atoms with Gasteiger partial charge in [0, 0.05) is 17.7 Å². The number of hydrogen-bond acceptors (Lipinski definition) is 3. The maximum atomic E-state index is 6.06. The first-order valence-electron chi connectivity index (χ1n) is 4.68. The van der Waals surface area contributed by atoms with Gasteiger partial charge in [-0.25, -0.2) is 0 Å². The first kappa shape index (κ1) is 12.3. The highest BCUT2D eigenvalue weighted by atomic mass is 35.5. The Labute approximate surface area is 95.3 Å². The molecule has 0 saturated carbocycles. The first-order chi connectivity index (χ1) is 7.13. The molecular formula is C11H16ClNO2. The van der Waals surface area contributed by atoms with Crippen LogP contribution in [0.4, 0.5) is 0 Å².